The molecule has 24 heavy (non-hydrogen) atoms. The molecule has 0 spiro atoms. The summed E-state index contributed by atoms with van der Waals surface area (Å²) in [7, 11) is 0. The minimum atomic E-state index is -0.196. The van der Waals surface area contributed by atoms with E-state index in [0.717, 1.165) is 30.4 Å². The maximum absolute atomic E-state index is 12.2. The van der Waals surface area contributed by atoms with Crippen LogP contribution >= 0.6 is 11.3 Å². The second kappa shape index (κ2) is 7.02. The lowest BCUT2D eigenvalue weighted by atomic mass is 9.89. The molecule has 1 aromatic carbocycles. The fourth-order valence-electron chi connectivity index (χ4n) is 2.96. The molecule has 1 aliphatic rings. The number of carbonyl (C=O) groups excluding carboxylic acids is 1. The van der Waals surface area contributed by atoms with Gasteiger partial charge >= 0.3 is 0 Å². The summed E-state index contributed by atoms with van der Waals surface area (Å²) < 4.78 is 0. The topological polar surface area (TPSA) is 52.9 Å². The van der Waals surface area contributed by atoms with Gasteiger partial charge in [0.25, 0.3) is 0 Å². The number of anilines is 1. The van der Waals surface area contributed by atoms with Gasteiger partial charge in [-0.15, -0.1) is 11.3 Å². The summed E-state index contributed by atoms with van der Waals surface area (Å²) >= 11 is 1.55. The predicted octanol–water partition coefficient (Wildman–Crippen LogP) is 4.70. The first-order chi connectivity index (χ1) is 11.6. The minimum absolute atomic E-state index is 0.196. The van der Waals surface area contributed by atoms with Gasteiger partial charge in [0, 0.05) is 11.0 Å². The van der Waals surface area contributed by atoms with Gasteiger partial charge in [-0.2, -0.15) is 5.26 Å². The summed E-state index contributed by atoms with van der Waals surface area (Å²) in [6.07, 6.45) is 6.36. The molecule has 3 nitrogen and oxygen atoms in total. The molecule has 1 aromatic heterocycles. The number of thiophene rings is 1. The number of aryl methyl sites for hydroxylation is 1. The highest BCUT2D eigenvalue weighted by molar-refractivity contribution is 7.16. The van der Waals surface area contributed by atoms with Gasteiger partial charge in [0.15, 0.2) is 0 Å². The average molecular weight is 336 g/mol. The van der Waals surface area contributed by atoms with E-state index >= 15 is 0 Å². The third-order valence-corrected chi connectivity index (χ3v) is 5.53. The van der Waals surface area contributed by atoms with E-state index < -0.39 is 0 Å². The van der Waals surface area contributed by atoms with Crippen molar-refractivity contribution in [2.75, 3.05) is 5.32 Å². The van der Waals surface area contributed by atoms with Gasteiger partial charge in [0.05, 0.1) is 5.56 Å². The fraction of sp³-hybridized carbons (Fsp3) is 0.300. The zero-order valence-corrected chi connectivity index (χ0v) is 14.7. The number of benzene rings is 1. The van der Waals surface area contributed by atoms with E-state index in [1.165, 1.54) is 16.5 Å². The molecule has 0 saturated carbocycles. The second-order valence-corrected chi connectivity index (χ2v) is 7.51. The van der Waals surface area contributed by atoms with E-state index in [0.29, 0.717) is 16.5 Å². The number of hydrogen-bond acceptors (Lipinski definition) is 3. The fourth-order valence-corrected chi connectivity index (χ4v) is 4.32. The Morgan fingerprint density at radius 2 is 2.12 bits per heavy atom. The van der Waals surface area contributed by atoms with Gasteiger partial charge in [-0.25, -0.2) is 0 Å². The van der Waals surface area contributed by atoms with Gasteiger partial charge in [-0.3, -0.25) is 4.79 Å². The molecule has 3 rings (SSSR count). The minimum Gasteiger partial charge on any atom is -0.313 e. The number of nitrogens with one attached hydrogen (secondary N) is 1. The van der Waals surface area contributed by atoms with Gasteiger partial charge in [0.2, 0.25) is 5.91 Å². The molecular formula is C20H20N2OS. The lowest BCUT2D eigenvalue weighted by molar-refractivity contribution is -0.111. The molecule has 0 bridgehead atoms. The number of fused-ring (bicyclic) bond motifs is 1. The van der Waals surface area contributed by atoms with Crippen molar-refractivity contribution in [2.45, 2.75) is 33.1 Å². The second-order valence-electron chi connectivity index (χ2n) is 6.40. The van der Waals surface area contributed by atoms with Crippen LogP contribution in [0, 0.1) is 24.2 Å². The van der Waals surface area contributed by atoms with E-state index in [-0.39, 0.29) is 5.91 Å². The van der Waals surface area contributed by atoms with Crippen LogP contribution in [0.3, 0.4) is 0 Å². The quantitative estimate of drug-likeness (QED) is 0.826. The highest BCUT2D eigenvalue weighted by atomic mass is 32.1. The van der Waals surface area contributed by atoms with Crippen LogP contribution in [0.15, 0.2) is 30.3 Å². The van der Waals surface area contributed by atoms with Crippen LogP contribution in [0.5, 0.6) is 0 Å². The Morgan fingerprint density at radius 3 is 2.83 bits per heavy atom. The molecule has 0 fully saturated rings. The third-order valence-electron chi connectivity index (χ3n) is 4.36. The summed E-state index contributed by atoms with van der Waals surface area (Å²) in [5, 5.41) is 13.0. The molecule has 1 aliphatic carbocycles. The van der Waals surface area contributed by atoms with Crippen LogP contribution in [-0.2, 0) is 17.6 Å². The summed E-state index contributed by atoms with van der Waals surface area (Å²) in [4.78, 5) is 13.5. The molecule has 0 aliphatic heterocycles. The van der Waals surface area contributed by atoms with E-state index in [2.05, 4.69) is 18.3 Å². The van der Waals surface area contributed by atoms with E-state index in [9.17, 15) is 10.1 Å². The van der Waals surface area contributed by atoms with Gasteiger partial charge < -0.3 is 5.32 Å². The molecule has 122 valence electrons. The van der Waals surface area contributed by atoms with Crippen LogP contribution in [0.4, 0.5) is 5.00 Å². The number of amides is 1. The highest BCUT2D eigenvalue weighted by Gasteiger charge is 2.24. The largest absolute Gasteiger partial charge is 0.313 e. The Hall–Kier alpha value is -2.38. The SMILES string of the molecule is Cc1ccc(/C=C/C(=O)Nc2sc3c(c2C#N)CCC(C)C3)cc1. The number of nitriles is 1. The van der Waals surface area contributed by atoms with E-state index in [1.807, 2.05) is 31.2 Å². The molecule has 1 amide bonds. The summed E-state index contributed by atoms with van der Waals surface area (Å²) in [5.74, 6) is 0.450. The molecule has 1 N–H and O–H groups in total. The Bertz CT molecular complexity index is 825. The zero-order chi connectivity index (χ0) is 17.1. The van der Waals surface area contributed by atoms with Crippen LogP contribution < -0.4 is 5.32 Å². The first-order valence-electron chi connectivity index (χ1n) is 8.17. The number of carbonyl (C=O) groups is 1. The Labute approximate surface area is 146 Å². The van der Waals surface area contributed by atoms with Crippen molar-refractivity contribution in [3.8, 4) is 6.07 Å². The smallest absolute Gasteiger partial charge is 0.249 e. The van der Waals surface area contributed by atoms with Crippen molar-refractivity contribution < 1.29 is 4.79 Å². The van der Waals surface area contributed by atoms with Gasteiger partial charge in [-0.1, -0.05) is 36.8 Å². The molecule has 0 saturated heterocycles. The third kappa shape index (κ3) is 3.58. The summed E-state index contributed by atoms with van der Waals surface area (Å²) in [6, 6.07) is 10.3. The number of nitrogens with zero attached hydrogens (tertiary/aromatic N) is 1. The number of rotatable bonds is 3. The van der Waals surface area contributed by atoms with Gasteiger partial charge in [-0.05, 0) is 49.3 Å². The van der Waals surface area contributed by atoms with Crippen molar-refractivity contribution in [1.29, 1.82) is 5.26 Å². The standard InChI is InChI=1S/C20H20N2OS/c1-13-3-6-15(7-4-13)8-10-19(23)22-20-17(12-21)16-9-5-14(2)11-18(16)24-20/h3-4,6-8,10,14H,5,9,11H2,1-2H3,(H,22,23)/b10-8+. The average Bonchev–Trinajstić information content (AvgIpc) is 2.90. The lowest BCUT2D eigenvalue weighted by Gasteiger charge is -2.17. The molecule has 1 atom stereocenters. The van der Waals surface area contributed by atoms with Crippen LogP contribution in [0.2, 0.25) is 0 Å². The Kier molecular flexibility index (Phi) is 4.82. The van der Waals surface area contributed by atoms with Gasteiger partial charge in [0.1, 0.15) is 11.1 Å². The summed E-state index contributed by atoms with van der Waals surface area (Å²) in [6.45, 7) is 4.26. The molecule has 2 aromatic rings. The molecule has 4 heteroatoms. The van der Waals surface area contributed by atoms with Crippen LogP contribution in [0.1, 0.15) is 40.5 Å². The van der Waals surface area contributed by atoms with E-state index in [4.69, 9.17) is 0 Å². The van der Waals surface area contributed by atoms with Crippen molar-refractivity contribution in [2.24, 2.45) is 5.92 Å². The maximum Gasteiger partial charge on any atom is 0.249 e. The van der Waals surface area contributed by atoms with Crippen molar-refractivity contribution in [3.63, 3.8) is 0 Å². The highest BCUT2D eigenvalue weighted by Crippen LogP contribution is 2.39. The maximum atomic E-state index is 12.2. The van der Waals surface area contributed by atoms with Crippen LogP contribution in [-0.4, -0.2) is 5.91 Å². The number of hydrogen-bond donors (Lipinski definition) is 1. The molecule has 1 unspecified atom stereocenters. The van der Waals surface area contributed by atoms with Crippen molar-refractivity contribution in [1.82, 2.24) is 0 Å². The zero-order valence-electron chi connectivity index (χ0n) is 13.9. The van der Waals surface area contributed by atoms with E-state index in [1.54, 1.807) is 17.4 Å². The first-order valence-corrected chi connectivity index (χ1v) is 8.99. The molecule has 0 radical (unpaired) electrons. The Morgan fingerprint density at radius 1 is 1.38 bits per heavy atom. The summed E-state index contributed by atoms with van der Waals surface area (Å²) in [5.41, 5.74) is 3.96. The molecule has 1 heterocycles. The van der Waals surface area contributed by atoms with Crippen molar-refractivity contribution in [3.05, 3.63) is 57.5 Å². The van der Waals surface area contributed by atoms with Crippen LogP contribution in [0.25, 0.3) is 6.08 Å². The predicted molar refractivity (Wildman–Crippen MR) is 99.1 cm³/mol. The lowest BCUT2D eigenvalue weighted by Crippen LogP contribution is -2.10. The molecular weight excluding hydrogens is 316 g/mol. The Balaban J connectivity index is 1.75. The normalized spacial score (nSPS) is 16.6. The first kappa shape index (κ1) is 16.5. The van der Waals surface area contributed by atoms with Crippen molar-refractivity contribution >= 4 is 28.3 Å². The monoisotopic (exact) mass is 336 g/mol.